The molecule has 1 saturated heterocycles. The normalized spacial score (nSPS) is 23.8. The van der Waals surface area contributed by atoms with Gasteiger partial charge >= 0.3 is 0 Å². The molecule has 0 spiro atoms. The van der Waals surface area contributed by atoms with Crippen LogP contribution in [-0.2, 0) is 0 Å². The van der Waals surface area contributed by atoms with Gasteiger partial charge in [-0.2, -0.15) is 0 Å². The third-order valence-corrected chi connectivity index (χ3v) is 2.44. The molecule has 1 fully saturated rings. The zero-order valence-electron chi connectivity index (χ0n) is 7.22. The molecule has 0 aliphatic carbocycles. The Morgan fingerprint density at radius 1 is 1.42 bits per heavy atom. The Bertz CT molecular complexity index is 224. The molecule has 0 saturated carbocycles. The van der Waals surface area contributed by atoms with Crippen molar-refractivity contribution in [2.45, 2.75) is 25.3 Å². The van der Waals surface area contributed by atoms with Crippen LogP contribution in [0.25, 0.3) is 0 Å². The summed E-state index contributed by atoms with van der Waals surface area (Å²) in [6.07, 6.45) is 3.96. The van der Waals surface area contributed by atoms with Crippen LogP contribution in [0.2, 0.25) is 0 Å². The number of nitrogens with one attached hydrogen (secondary N) is 1. The van der Waals surface area contributed by atoms with Gasteiger partial charge in [0.2, 0.25) is 0 Å². The second kappa shape index (κ2) is 3.72. The van der Waals surface area contributed by atoms with Gasteiger partial charge in [-0.1, -0.05) is 24.6 Å². The third-order valence-electron chi connectivity index (χ3n) is 2.44. The maximum Gasteiger partial charge on any atom is 0.0320 e. The number of hydrogen-bond acceptors (Lipinski definition) is 1. The van der Waals surface area contributed by atoms with Crippen LogP contribution in [0.3, 0.4) is 0 Å². The van der Waals surface area contributed by atoms with Crippen molar-refractivity contribution in [3.8, 4) is 0 Å². The summed E-state index contributed by atoms with van der Waals surface area (Å²) in [5, 5.41) is 3.52. The van der Waals surface area contributed by atoms with Crippen LogP contribution >= 0.6 is 0 Å². The highest BCUT2D eigenvalue weighted by atomic mass is 14.9. The second-order valence-electron chi connectivity index (χ2n) is 3.34. The number of hydrogen-bond donors (Lipinski definition) is 1. The van der Waals surface area contributed by atoms with Crippen molar-refractivity contribution < 1.29 is 0 Å². The highest BCUT2D eigenvalue weighted by Crippen LogP contribution is 2.21. The molecule has 1 nitrogen and oxygen atoms in total. The molecule has 0 amide bonds. The van der Waals surface area contributed by atoms with E-state index in [0.717, 1.165) is 0 Å². The Morgan fingerprint density at radius 3 is 3.08 bits per heavy atom. The van der Waals surface area contributed by atoms with Crippen LogP contribution in [0.1, 0.15) is 30.9 Å². The SMILES string of the molecule is [c]1cccc(C2CCCCN2)c1. The molecule has 1 heterocycles. The maximum absolute atomic E-state index is 3.52. The Hall–Kier alpha value is -0.820. The fraction of sp³-hybridized carbons (Fsp3) is 0.455. The van der Waals surface area contributed by atoms with Crippen LogP contribution < -0.4 is 5.32 Å². The zero-order valence-corrected chi connectivity index (χ0v) is 7.22. The standard InChI is InChI=1S/C11H14N/c1-2-6-10(7-3-1)11-8-4-5-9-12-11/h1-2,6-7,11-12H,4-5,8-9H2. The van der Waals surface area contributed by atoms with Crippen molar-refractivity contribution in [1.29, 1.82) is 0 Å². The molecule has 1 aromatic carbocycles. The highest BCUT2D eigenvalue weighted by molar-refractivity contribution is 5.18. The molecule has 2 rings (SSSR count). The molecule has 1 aromatic rings. The Morgan fingerprint density at radius 2 is 2.42 bits per heavy atom. The van der Waals surface area contributed by atoms with E-state index >= 15 is 0 Å². The summed E-state index contributed by atoms with van der Waals surface area (Å²) in [7, 11) is 0. The first kappa shape index (κ1) is 7.81. The Kier molecular flexibility index (Phi) is 2.42. The van der Waals surface area contributed by atoms with E-state index in [1.54, 1.807) is 0 Å². The molecule has 1 unspecified atom stereocenters. The molecule has 0 aromatic heterocycles. The molecular formula is C11H14N. The molecule has 1 aliphatic heterocycles. The minimum Gasteiger partial charge on any atom is -0.310 e. The quantitative estimate of drug-likeness (QED) is 0.664. The van der Waals surface area contributed by atoms with Gasteiger partial charge in [-0.05, 0) is 37.1 Å². The van der Waals surface area contributed by atoms with Crippen LogP contribution in [0.5, 0.6) is 0 Å². The van der Waals surface area contributed by atoms with Gasteiger partial charge in [0.25, 0.3) is 0 Å². The van der Waals surface area contributed by atoms with Crippen molar-refractivity contribution in [2.75, 3.05) is 6.54 Å². The molecule has 1 atom stereocenters. The van der Waals surface area contributed by atoms with Crippen LogP contribution in [0.15, 0.2) is 24.3 Å². The van der Waals surface area contributed by atoms with Gasteiger partial charge in [0.05, 0.1) is 0 Å². The topological polar surface area (TPSA) is 12.0 Å². The summed E-state index contributed by atoms with van der Waals surface area (Å²) in [6, 6.07) is 12.0. The lowest BCUT2D eigenvalue weighted by atomic mass is 9.98. The molecular weight excluding hydrogens is 146 g/mol. The van der Waals surface area contributed by atoms with Gasteiger partial charge in [0, 0.05) is 6.04 Å². The molecule has 63 valence electrons. The average Bonchev–Trinajstić information content (AvgIpc) is 2.21. The first-order chi connectivity index (χ1) is 5.97. The first-order valence-corrected chi connectivity index (χ1v) is 4.66. The lowest BCUT2D eigenvalue weighted by Gasteiger charge is -2.23. The molecule has 1 aliphatic rings. The van der Waals surface area contributed by atoms with E-state index in [1.807, 2.05) is 6.07 Å². The van der Waals surface area contributed by atoms with Crippen LogP contribution in [0.4, 0.5) is 0 Å². The lowest BCUT2D eigenvalue weighted by Crippen LogP contribution is -2.26. The number of benzene rings is 1. The van der Waals surface area contributed by atoms with E-state index in [9.17, 15) is 0 Å². The largest absolute Gasteiger partial charge is 0.310 e. The van der Waals surface area contributed by atoms with Crippen molar-refractivity contribution in [3.05, 3.63) is 35.9 Å². The smallest absolute Gasteiger partial charge is 0.0320 e. The van der Waals surface area contributed by atoms with Gasteiger partial charge in [-0.25, -0.2) is 0 Å². The van der Waals surface area contributed by atoms with E-state index in [-0.39, 0.29) is 0 Å². The van der Waals surface area contributed by atoms with Crippen molar-refractivity contribution in [2.24, 2.45) is 0 Å². The predicted molar refractivity (Wildman–Crippen MR) is 49.9 cm³/mol. The molecule has 1 radical (unpaired) electrons. The van der Waals surface area contributed by atoms with Crippen LogP contribution in [-0.4, -0.2) is 6.54 Å². The number of rotatable bonds is 1. The van der Waals surface area contributed by atoms with E-state index < -0.39 is 0 Å². The van der Waals surface area contributed by atoms with E-state index in [1.165, 1.54) is 31.4 Å². The summed E-state index contributed by atoms with van der Waals surface area (Å²) in [5.74, 6) is 0. The summed E-state index contributed by atoms with van der Waals surface area (Å²) in [4.78, 5) is 0. The maximum atomic E-state index is 3.52. The van der Waals surface area contributed by atoms with Gasteiger partial charge in [-0.3, -0.25) is 0 Å². The minimum atomic E-state index is 0.580. The van der Waals surface area contributed by atoms with Gasteiger partial charge in [0.15, 0.2) is 0 Å². The average molecular weight is 160 g/mol. The van der Waals surface area contributed by atoms with Gasteiger partial charge in [0.1, 0.15) is 0 Å². The van der Waals surface area contributed by atoms with E-state index in [2.05, 4.69) is 29.6 Å². The summed E-state index contributed by atoms with van der Waals surface area (Å²) in [6.45, 7) is 1.17. The summed E-state index contributed by atoms with van der Waals surface area (Å²) < 4.78 is 0. The minimum absolute atomic E-state index is 0.580. The fourth-order valence-corrected chi connectivity index (χ4v) is 1.76. The molecule has 1 N–H and O–H groups in total. The third kappa shape index (κ3) is 1.67. The second-order valence-corrected chi connectivity index (χ2v) is 3.34. The highest BCUT2D eigenvalue weighted by Gasteiger charge is 2.13. The first-order valence-electron chi connectivity index (χ1n) is 4.66. The molecule has 12 heavy (non-hydrogen) atoms. The number of piperidine rings is 1. The fourth-order valence-electron chi connectivity index (χ4n) is 1.76. The Balaban J connectivity index is 2.08. The van der Waals surface area contributed by atoms with Crippen molar-refractivity contribution in [1.82, 2.24) is 5.32 Å². The molecule has 0 bridgehead atoms. The summed E-state index contributed by atoms with van der Waals surface area (Å²) in [5.41, 5.74) is 1.39. The van der Waals surface area contributed by atoms with Crippen LogP contribution in [0, 0.1) is 6.07 Å². The molecule has 1 heteroatoms. The van der Waals surface area contributed by atoms with Crippen molar-refractivity contribution >= 4 is 0 Å². The van der Waals surface area contributed by atoms with Crippen molar-refractivity contribution in [3.63, 3.8) is 0 Å². The van der Waals surface area contributed by atoms with E-state index in [4.69, 9.17) is 0 Å². The Labute approximate surface area is 73.8 Å². The van der Waals surface area contributed by atoms with E-state index in [0.29, 0.717) is 6.04 Å². The zero-order chi connectivity index (χ0) is 8.23. The predicted octanol–water partition coefficient (Wildman–Crippen LogP) is 2.30. The van der Waals surface area contributed by atoms with Gasteiger partial charge in [-0.15, -0.1) is 0 Å². The lowest BCUT2D eigenvalue weighted by molar-refractivity contribution is 0.412. The summed E-state index contributed by atoms with van der Waals surface area (Å²) >= 11 is 0. The van der Waals surface area contributed by atoms with Gasteiger partial charge < -0.3 is 5.32 Å². The monoisotopic (exact) mass is 160 g/mol.